The van der Waals surface area contributed by atoms with Gasteiger partial charge in [0, 0.05) is 44.3 Å². The number of rotatable bonds is 8. The van der Waals surface area contributed by atoms with Crippen LogP contribution in [0.25, 0.3) is 0 Å². The topological polar surface area (TPSA) is 200 Å². The van der Waals surface area contributed by atoms with Gasteiger partial charge >= 0.3 is 11.9 Å². The second kappa shape index (κ2) is 14.4. The molecule has 4 aliphatic carbocycles. The van der Waals surface area contributed by atoms with Crippen molar-refractivity contribution in [2.45, 2.75) is 159 Å². The number of methoxy groups -OCH3 is 1. The summed E-state index contributed by atoms with van der Waals surface area (Å²) in [7, 11) is 1.57. The molecule has 18 atom stereocenters. The molecule has 0 radical (unpaired) electrons. The average Bonchev–Trinajstić information content (AvgIpc) is 3.61. The van der Waals surface area contributed by atoms with E-state index >= 15 is 0 Å². The van der Waals surface area contributed by atoms with Crippen molar-refractivity contribution >= 4 is 11.9 Å². The molecule has 7 aliphatic rings. The molecular formula is C38H58O14. The summed E-state index contributed by atoms with van der Waals surface area (Å²) in [4.78, 5) is 24.4. The minimum Gasteiger partial charge on any atom is -0.462 e. The fourth-order valence-electron chi connectivity index (χ4n) is 11.9. The molecule has 294 valence electrons. The Morgan fingerprint density at radius 2 is 1.73 bits per heavy atom. The zero-order valence-corrected chi connectivity index (χ0v) is 30.9. The van der Waals surface area contributed by atoms with E-state index in [1.807, 2.05) is 6.92 Å². The Balaban J connectivity index is 0.999. The Morgan fingerprint density at radius 1 is 0.962 bits per heavy atom. The van der Waals surface area contributed by atoms with Gasteiger partial charge in [0.2, 0.25) is 0 Å². The molecule has 2 saturated heterocycles. The first kappa shape index (κ1) is 38.6. The lowest BCUT2D eigenvalue weighted by atomic mass is 9.43. The SMILES string of the molecule is CO[C@H]1CC(O[C@H]2CC[C@]3(C)C4CC[C@]5(C)[C@@H](C6=CC(=O)OC6)[C@@H](OC(C)=O)C[C@]5(O)C4CC[C@@H]3C2)O[C@H](C)[C@H]1OC1O[C@H](CO)[C@@H](O)[C@H](O)[C@H]1O. The van der Waals surface area contributed by atoms with Crippen LogP contribution in [0, 0.1) is 34.5 Å². The molecule has 4 saturated carbocycles. The molecule has 0 spiro atoms. The molecule has 0 aromatic carbocycles. The maximum Gasteiger partial charge on any atom is 0.331 e. The number of carbonyl (C=O) groups excluding carboxylic acids is 2. The molecular weight excluding hydrogens is 680 g/mol. The van der Waals surface area contributed by atoms with Gasteiger partial charge in [0.25, 0.3) is 0 Å². The second-order valence-corrected chi connectivity index (χ2v) is 17.1. The van der Waals surface area contributed by atoms with Gasteiger partial charge < -0.3 is 58.7 Å². The predicted octanol–water partition coefficient (Wildman–Crippen LogP) is 1.51. The quantitative estimate of drug-likeness (QED) is 0.177. The maximum absolute atomic E-state index is 12.8. The van der Waals surface area contributed by atoms with E-state index in [0.29, 0.717) is 24.7 Å². The molecule has 5 N–H and O–H groups in total. The third-order valence-electron chi connectivity index (χ3n) is 14.6. The Bertz CT molecular complexity index is 1370. The number of fused-ring (bicyclic) bond motifs is 5. The number of ether oxygens (including phenoxy) is 7. The molecule has 3 aliphatic heterocycles. The van der Waals surface area contributed by atoms with E-state index in [4.69, 9.17) is 33.2 Å². The highest BCUT2D eigenvalue weighted by Gasteiger charge is 2.71. The number of hydrogen-bond donors (Lipinski definition) is 5. The summed E-state index contributed by atoms with van der Waals surface area (Å²) < 4.78 is 41.6. The number of aliphatic hydroxyl groups excluding tert-OH is 4. The van der Waals surface area contributed by atoms with Crippen LogP contribution < -0.4 is 0 Å². The van der Waals surface area contributed by atoms with Crippen molar-refractivity contribution in [1.29, 1.82) is 0 Å². The van der Waals surface area contributed by atoms with Gasteiger partial charge in [0.05, 0.1) is 30.5 Å². The van der Waals surface area contributed by atoms with Gasteiger partial charge in [-0.05, 0) is 80.6 Å². The van der Waals surface area contributed by atoms with Gasteiger partial charge in [-0.15, -0.1) is 0 Å². The van der Waals surface area contributed by atoms with Crippen LogP contribution in [0.1, 0.15) is 85.5 Å². The summed E-state index contributed by atoms with van der Waals surface area (Å²) in [5.74, 6) is -0.323. The van der Waals surface area contributed by atoms with Crippen molar-refractivity contribution in [3.05, 3.63) is 11.6 Å². The molecule has 14 heteroatoms. The number of carbonyl (C=O) groups is 2. The first-order chi connectivity index (χ1) is 24.6. The van der Waals surface area contributed by atoms with Gasteiger partial charge in [-0.1, -0.05) is 13.8 Å². The molecule has 0 bridgehead atoms. The van der Waals surface area contributed by atoms with Crippen molar-refractivity contribution in [3.8, 4) is 0 Å². The van der Waals surface area contributed by atoms with Crippen LogP contribution in [0.15, 0.2) is 11.6 Å². The summed E-state index contributed by atoms with van der Waals surface area (Å²) >= 11 is 0. The highest BCUT2D eigenvalue weighted by molar-refractivity contribution is 5.85. The minimum atomic E-state index is -1.55. The summed E-state index contributed by atoms with van der Waals surface area (Å²) in [6.07, 6.45) is -1.29. The lowest BCUT2D eigenvalue weighted by Gasteiger charge is -2.63. The Morgan fingerprint density at radius 3 is 2.40 bits per heavy atom. The molecule has 4 unspecified atom stereocenters. The highest BCUT2D eigenvalue weighted by atomic mass is 16.7. The van der Waals surface area contributed by atoms with Crippen molar-refractivity contribution < 1.29 is 68.3 Å². The van der Waals surface area contributed by atoms with Gasteiger partial charge in [0.15, 0.2) is 12.6 Å². The molecule has 52 heavy (non-hydrogen) atoms. The largest absolute Gasteiger partial charge is 0.462 e. The minimum absolute atomic E-state index is 0.000668. The number of hydrogen-bond acceptors (Lipinski definition) is 14. The number of cyclic esters (lactones) is 1. The molecule has 6 fully saturated rings. The third-order valence-corrected chi connectivity index (χ3v) is 14.6. The normalized spacial score (nSPS) is 51.8. The van der Waals surface area contributed by atoms with Crippen LogP contribution >= 0.6 is 0 Å². The Kier molecular flexibility index (Phi) is 10.7. The van der Waals surface area contributed by atoms with Gasteiger partial charge in [0.1, 0.15) is 43.2 Å². The highest BCUT2D eigenvalue weighted by Crippen LogP contribution is 2.70. The molecule has 0 aromatic heterocycles. The maximum atomic E-state index is 12.8. The van der Waals surface area contributed by atoms with E-state index in [2.05, 4.69) is 13.8 Å². The average molecular weight is 739 g/mol. The van der Waals surface area contributed by atoms with Crippen molar-refractivity contribution in [1.82, 2.24) is 0 Å². The van der Waals surface area contributed by atoms with Crippen LogP contribution in [0.3, 0.4) is 0 Å². The van der Waals surface area contributed by atoms with Gasteiger partial charge in [-0.3, -0.25) is 4.79 Å². The monoisotopic (exact) mass is 738 g/mol. The summed E-state index contributed by atoms with van der Waals surface area (Å²) in [6.45, 7) is 7.35. The van der Waals surface area contributed by atoms with Crippen LogP contribution in [-0.4, -0.2) is 131 Å². The first-order valence-electron chi connectivity index (χ1n) is 19.2. The predicted molar refractivity (Wildman–Crippen MR) is 180 cm³/mol. The molecule has 14 nitrogen and oxygen atoms in total. The molecule has 0 aromatic rings. The van der Waals surface area contributed by atoms with Crippen LogP contribution in [0.5, 0.6) is 0 Å². The van der Waals surface area contributed by atoms with Crippen LogP contribution in [0.4, 0.5) is 0 Å². The fraction of sp³-hybridized carbons (Fsp3) is 0.895. The number of aliphatic hydroxyl groups is 5. The summed E-state index contributed by atoms with van der Waals surface area (Å²) in [6, 6.07) is 0. The second-order valence-electron chi connectivity index (χ2n) is 17.1. The fourth-order valence-corrected chi connectivity index (χ4v) is 11.9. The third kappa shape index (κ3) is 6.36. The van der Waals surface area contributed by atoms with Crippen molar-refractivity contribution in [3.63, 3.8) is 0 Å². The lowest BCUT2D eigenvalue weighted by Crippen LogP contribution is -2.62. The molecule has 7 rings (SSSR count). The van der Waals surface area contributed by atoms with Gasteiger partial charge in [-0.25, -0.2) is 4.79 Å². The first-order valence-corrected chi connectivity index (χ1v) is 19.2. The van der Waals surface area contributed by atoms with E-state index in [0.717, 1.165) is 50.5 Å². The van der Waals surface area contributed by atoms with Crippen molar-refractivity contribution in [2.75, 3.05) is 20.3 Å². The Labute approximate surface area is 305 Å². The van der Waals surface area contributed by atoms with E-state index in [-0.39, 0.29) is 41.9 Å². The standard InChI is InChI=1S/C38H58O14/c1-18-34(52-35-33(44)32(43)31(42)27(16-39)51-35)25(46-5)14-29(48-18)50-22-8-10-36(3)21(13-22)6-7-24-23(36)9-11-37(4)30(20-12-28(41)47-17-20)26(49-19(2)40)15-38(24,37)45/h12,18,21-27,29-35,39,42-45H,6-11,13-17H2,1-5H3/t18-,21-,22+,23?,24?,25+,26+,27-,29?,30+,31-,32+,33-,34-,35?,36+,37-,38+/m1/s1. The molecule has 0 amide bonds. The zero-order valence-electron chi connectivity index (χ0n) is 30.9. The van der Waals surface area contributed by atoms with E-state index in [9.17, 15) is 35.1 Å². The van der Waals surface area contributed by atoms with E-state index in [1.54, 1.807) is 7.11 Å². The van der Waals surface area contributed by atoms with Crippen LogP contribution in [0.2, 0.25) is 0 Å². The van der Waals surface area contributed by atoms with E-state index in [1.165, 1.54) is 13.0 Å². The summed E-state index contributed by atoms with van der Waals surface area (Å²) in [5.41, 5.74) is -0.799. The van der Waals surface area contributed by atoms with E-state index < -0.39 is 79.0 Å². The Hall–Kier alpha value is -1.72. The van der Waals surface area contributed by atoms with Gasteiger partial charge in [-0.2, -0.15) is 0 Å². The smallest absolute Gasteiger partial charge is 0.331 e. The zero-order chi connectivity index (χ0) is 37.3. The summed E-state index contributed by atoms with van der Waals surface area (Å²) in [5, 5.41) is 53.3. The molecule has 3 heterocycles. The van der Waals surface area contributed by atoms with Crippen molar-refractivity contribution in [2.24, 2.45) is 34.5 Å². The number of esters is 2. The lowest BCUT2D eigenvalue weighted by molar-refractivity contribution is -0.345. The van der Waals surface area contributed by atoms with Crippen LogP contribution in [-0.2, 0) is 42.7 Å².